The highest BCUT2D eigenvalue weighted by Crippen LogP contribution is 2.20. The fraction of sp³-hybridized carbons (Fsp3) is 0.269. The molecule has 1 amide bonds. The van der Waals surface area contributed by atoms with Gasteiger partial charge in [0.15, 0.2) is 0 Å². The zero-order valence-corrected chi connectivity index (χ0v) is 19.9. The maximum absolute atomic E-state index is 13.2. The number of amides is 1. The van der Waals surface area contributed by atoms with Crippen LogP contribution in [-0.2, 0) is 14.8 Å². The second-order valence-corrected chi connectivity index (χ2v) is 10.0. The van der Waals surface area contributed by atoms with Gasteiger partial charge in [0.2, 0.25) is 0 Å². The Morgan fingerprint density at radius 2 is 1.68 bits per heavy atom. The molecule has 1 aliphatic heterocycles. The Balaban J connectivity index is 1.51. The highest BCUT2D eigenvalue weighted by Gasteiger charge is 2.21. The van der Waals surface area contributed by atoms with E-state index in [1.165, 1.54) is 12.1 Å². The van der Waals surface area contributed by atoms with Gasteiger partial charge in [-0.05, 0) is 42.8 Å². The standard InChI is InChI=1S/C26H29N3O4S/c1-20-10-12-21(13-11-20)25(19-29-14-16-33-17-15-29)27-26(30)22-6-5-7-23(18-22)28-34(31,32)24-8-3-2-4-9-24/h2-13,18,25,28H,14-17,19H2,1H3,(H,27,30). The summed E-state index contributed by atoms with van der Waals surface area (Å²) in [5.41, 5.74) is 2.88. The summed E-state index contributed by atoms with van der Waals surface area (Å²) in [4.78, 5) is 15.6. The van der Waals surface area contributed by atoms with Crippen molar-refractivity contribution in [2.24, 2.45) is 0 Å². The summed E-state index contributed by atoms with van der Waals surface area (Å²) in [6, 6.07) is 22.6. The molecule has 0 radical (unpaired) electrons. The first-order chi connectivity index (χ1) is 16.4. The molecular weight excluding hydrogens is 450 g/mol. The molecule has 1 aliphatic rings. The SMILES string of the molecule is Cc1ccc(C(CN2CCOCC2)NC(=O)c2cccc(NS(=O)(=O)c3ccccc3)c2)cc1. The fourth-order valence-corrected chi connectivity index (χ4v) is 4.92. The van der Waals surface area contributed by atoms with Crippen LogP contribution < -0.4 is 10.0 Å². The normalized spacial score (nSPS) is 15.4. The van der Waals surface area contributed by atoms with Gasteiger partial charge in [-0.3, -0.25) is 14.4 Å². The summed E-state index contributed by atoms with van der Waals surface area (Å²) in [7, 11) is -3.75. The zero-order valence-electron chi connectivity index (χ0n) is 19.1. The first kappa shape index (κ1) is 23.9. The van der Waals surface area contributed by atoms with Crippen molar-refractivity contribution < 1.29 is 17.9 Å². The molecule has 34 heavy (non-hydrogen) atoms. The molecule has 0 aromatic heterocycles. The lowest BCUT2D eigenvalue weighted by Crippen LogP contribution is -2.43. The average Bonchev–Trinajstić information content (AvgIpc) is 2.85. The second kappa shape index (κ2) is 10.8. The third kappa shape index (κ3) is 6.22. The first-order valence-electron chi connectivity index (χ1n) is 11.3. The molecule has 0 spiro atoms. The van der Waals surface area contributed by atoms with E-state index in [2.05, 4.69) is 14.9 Å². The molecule has 0 aliphatic carbocycles. The van der Waals surface area contributed by atoms with Crippen LogP contribution in [-0.4, -0.2) is 52.1 Å². The van der Waals surface area contributed by atoms with E-state index in [1.54, 1.807) is 42.5 Å². The molecule has 0 bridgehead atoms. The van der Waals surface area contributed by atoms with E-state index >= 15 is 0 Å². The fourth-order valence-electron chi connectivity index (χ4n) is 3.85. The van der Waals surface area contributed by atoms with Crippen molar-refractivity contribution in [1.82, 2.24) is 10.2 Å². The molecule has 3 aromatic carbocycles. The van der Waals surface area contributed by atoms with E-state index in [-0.39, 0.29) is 16.8 Å². The van der Waals surface area contributed by atoms with E-state index in [9.17, 15) is 13.2 Å². The van der Waals surface area contributed by atoms with Crippen molar-refractivity contribution in [1.29, 1.82) is 0 Å². The summed E-state index contributed by atoms with van der Waals surface area (Å²) in [6.07, 6.45) is 0. The van der Waals surface area contributed by atoms with Gasteiger partial charge in [0.25, 0.3) is 15.9 Å². The first-order valence-corrected chi connectivity index (χ1v) is 12.7. The molecule has 1 saturated heterocycles. The van der Waals surface area contributed by atoms with Crippen LogP contribution in [0.2, 0.25) is 0 Å². The number of anilines is 1. The topological polar surface area (TPSA) is 87.7 Å². The van der Waals surface area contributed by atoms with Crippen molar-refractivity contribution in [3.63, 3.8) is 0 Å². The molecule has 8 heteroatoms. The van der Waals surface area contributed by atoms with E-state index in [0.29, 0.717) is 31.0 Å². The van der Waals surface area contributed by atoms with Crippen LogP contribution in [0.15, 0.2) is 83.8 Å². The second-order valence-electron chi connectivity index (χ2n) is 8.35. The monoisotopic (exact) mass is 479 g/mol. The van der Waals surface area contributed by atoms with Crippen molar-refractivity contribution in [3.05, 3.63) is 95.6 Å². The highest BCUT2D eigenvalue weighted by molar-refractivity contribution is 7.92. The van der Waals surface area contributed by atoms with E-state index < -0.39 is 10.0 Å². The average molecular weight is 480 g/mol. The molecule has 1 atom stereocenters. The maximum Gasteiger partial charge on any atom is 0.261 e. The Hall–Kier alpha value is -3.20. The third-order valence-corrected chi connectivity index (χ3v) is 7.16. The summed E-state index contributed by atoms with van der Waals surface area (Å²) < 4.78 is 33.3. The van der Waals surface area contributed by atoms with E-state index in [1.807, 2.05) is 31.2 Å². The number of carbonyl (C=O) groups is 1. The Morgan fingerprint density at radius 1 is 0.971 bits per heavy atom. The van der Waals surface area contributed by atoms with Gasteiger partial charge in [-0.25, -0.2) is 8.42 Å². The minimum atomic E-state index is -3.75. The Bertz CT molecular complexity index is 1210. The van der Waals surface area contributed by atoms with Crippen LogP contribution in [0.25, 0.3) is 0 Å². The van der Waals surface area contributed by atoms with Crippen molar-refractivity contribution in [2.45, 2.75) is 17.9 Å². The number of carbonyl (C=O) groups excluding carboxylic acids is 1. The predicted octanol–water partition coefficient (Wildman–Crippen LogP) is 3.60. The molecule has 1 heterocycles. The predicted molar refractivity (Wildman–Crippen MR) is 132 cm³/mol. The van der Waals surface area contributed by atoms with Gasteiger partial charge in [0, 0.05) is 30.9 Å². The maximum atomic E-state index is 13.2. The summed E-state index contributed by atoms with van der Waals surface area (Å²) in [5, 5.41) is 3.14. The molecule has 4 rings (SSSR count). The van der Waals surface area contributed by atoms with Crippen LogP contribution in [0, 0.1) is 6.92 Å². The van der Waals surface area contributed by atoms with E-state index in [0.717, 1.165) is 24.2 Å². The highest BCUT2D eigenvalue weighted by atomic mass is 32.2. The number of ether oxygens (including phenoxy) is 1. The molecule has 0 saturated carbocycles. The lowest BCUT2D eigenvalue weighted by atomic mass is 10.0. The number of aryl methyl sites for hydroxylation is 1. The Kier molecular flexibility index (Phi) is 7.62. The van der Waals surface area contributed by atoms with Crippen LogP contribution in [0.1, 0.15) is 27.5 Å². The number of rotatable bonds is 8. The Morgan fingerprint density at radius 3 is 2.38 bits per heavy atom. The molecular formula is C26H29N3O4S. The quantitative estimate of drug-likeness (QED) is 0.516. The summed E-state index contributed by atoms with van der Waals surface area (Å²) in [6.45, 7) is 5.68. The number of benzene rings is 3. The van der Waals surface area contributed by atoms with Gasteiger partial charge >= 0.3 is 0 Å². The number of sulfonamides is 1. The van der Waals surface area contributed by atoms with Crippen LogP contribution >= 0.6 is 0 Å². The molecule has 178 valence electrons. The number of nitrogens with zero attached hydrogens (tertiary/aromatic N) is 1. The van der Waals surface area contributed by atoms with Crippen molar-refractivity contribution in [3.8, 4) is 0 Å². The lowest BCUT2D eigenvalue weighted by molar-refractivity contribution is 0.0332. The molecule has 1 unspecified atom stereocenters. The number of morpholine rings is 1. The minimum Gasteiger partial charge on any atom is -0.379 e. The van der Waals surface area contributed by atoms with Crippen LogP contribution in [0.5, 0.6) is 0 Å². The van der Waals surface area contributed by atoms with Gasteiger partial charge in [-0.2, -0.15) is 0 Å². The smallest absolute Gasteiger partial charge is 0.261 e. The molecule has 1 fully saturated rings. The lowest BCUT2D eigenvalue weighted by Gasteiger charge is -2.31. The number of hydrogen-bond acceptors (Lipinski definition) is 5. The number of hydrogen-bond donors (Lipinski definition) is 2. The van der Waals surface area contributed by atoms with Gasteiger partial charge in [0.05, 0.1) is 24.2 Å². The molecule has 2 N–H and O–H groups in total. The van der Waals surface area contributed by atoms with E-state index in [4.69, 9.17) is 4.74 Å². The van der Waals surface area contributed by atoms with Gasteiger partial charge in [-0.15, -0.1) is 0 Å². The van der Waals surface area contributed by atoms with Gasteiger partial charge in [0.1, 0.15) is 0 Å². The third-order valence-electron chi connectivity index (χ3n) is 5.76. The number of nitrogens with one attached hydrogen (secondary N) is 2. The zero-order chi connectivity index (χ0) is 24.0. The van der Waals surface area contributed by atoms with Gasteiger partial charge < -0.3 is 10.1 Å². The molecule has 3 aromatic rings. The van der Waals surface area contributed by atoms with Crippen molar-refractivity contribution in [2.75, 3.05) is 37.6 Å². The van der Waals surface area contributed by atoms with Crippen LogP contribution in [0.4, 0.5) is 5.69 Å². The molecule has 7 nitrogen and oxygen atoms in total. The summed E-state index contributed by atoms with van der Waals surface area (Å²) >= 11 is 0. The largest absolute Gasteiger partial charge is 0.379 e. The minimum absolute atomic E-state index is 0.162. The van der Waals surface area contributed by atoms with Gasteiger partial charge in [-0.1, -0.05) is 54.1 Å². The summed E-state index contributed by atoms with van der Waals surface area (Å²) in [5.74, 6) is -0.264. The Labute approximate surface area is 200 Å². The van der Waals surface area contributed by atoms with Crippen LogP contribution in [0.3, 0.4) is 0 Å². The van der Waals surface area contributed by atoms with Crippen molar-refractivity contribution >= 4 is 21.6 Å².